The molecule has 0 aliphatic rings. The van der Waals surface area contributed by atoms with E-state index < -0.39 is 5.97 Å². The molecule has 1 atom stereocenters. The third kappa shape index (κ3) is 4.46. The summed E-state index contributed by atoms with van der Waals surface area (Å²) in [6.45, 7) is 6.74. The summed E-state index contributed by atoms with van der Waals surface area (Å²) in [6.07, 6.45) is 0. The largest absolute Gasteiger partial charge is 0.507 e. The molecule has 6 heteroatoms. The van der Waals surface area contributed by atoms with Gasteiger partial charge in [0.05, 0.1) is 0 Å². The van der Waals surface area contributed by atoms with Crippen molar-refractivity contribution < 1.29 is 19.8 Å². The van der Waals surface area contributed by atoms with E-state index in [2.05, 4.69) is 24.5 Å². The third-order valence-electron chi connectivity index (χ3n) is 3.21. The van der Waals surface area contributed by atoms with E-state index in [9.17, 15) is 14.7 Å². The minimum atomic E-state index is -1.22. The summed E-state index contributed by atoms with van der Waals surface area (Å²) < 4.78 is 0. The Kier molecular flexibility index (Phi) is 5.37. The molecule has 6 nitrogen and oxygen atoms in total. The van der Waals surface area contributed by atoms with Crippen molar-refractivity contribution in [2.45, 2.75) is 20.8 Å². The van der Waals surface area contributed by atoms with Crippen LogP contribution >= 0.6 is 0 Å². The normalized spacial score (nSPS) is 12.0. The maximum Gasteiger partial charge on any atom is 0.339 e. The van der Waals surface area contributed by atoms with Crippen LogP contribution in [-0.2, 0) is 0 Å². The van der Waals surface area contributed by atoms with E-state index in [0.29, 0.717) is 24.1 Å². The highest BCUT2D eigenvalue weighted by Gasteiger charge is 2.12. The summed E-state index contributed by atoms with van der Waals surface area (Å²) >= 11 is 0. The van der Waals surface area contributed by atoms with Crippen LogP contribution in [0.2, 0.25) is 0 Å². The second-order valence-electron chi connectivity index (χ2n) is 5.09. The van der Waals surface area contributed by atoms with Gasteiger partial charge in [-0.25, -0.2) is 9.59 Å². The monoisotopic (exact) mass is 280 g/mol. The molecule has 1 aromatic rings. The van der Waals surface area contributed by atoms with Gasteiger partial charge in [-0.2, -0.15) is 0 Å². The van der Waals surface area contributed by atoms with E-state index in [1.165, 1.54) is 18.2 Å². The van der Waals surface area contributed by atoms with Gasteiger partial charge in [-0.3, -0.25) is 0 Å². The number of carboxylic acid groups (broad SMARTS) is 1. The molecule has 0 aromatic heterocycles. The van der Waals surface area contributed by atoms with Gasteiger partial charge in [0, 0.05) is 18.3 Å². The predicted molar refractivity (Wildman–Crippen MR) is 76.1 cm³/mol. The highest BCUT2D eigenvalue weighted by Crippen LogP contribution is 2.21. The van der Waals surface area contributed by atoms with Gasteiger partial charge in [-0.15, -0.1) is 0 Å². The van der Waals surface area contributed by atoms with Gasteiger partial charge in [0.15, 0.2) is 0 Å². The third-order valence-corrected chi connectivity index (χ3v) is 3.21. The number of anilines is 1. The molecule has 20 heavy (non-hydrogen) atoms. The van der Waals surface area contributed by atoms with Gasteiger partial charge in [-0.05, 0) is 24.0 Å². The first-order chi connectivity index (χ1) is 9.31. The van der Waals surface area contributed by atoms with Crippen molar-refractivity contribution in [3.8, 4) is 5.75 Å². The number of urea groups is 1. The fraction of sp³-hybridized carbons (Fsp3) is 0.429. The molecule has 1 unspecified atom stereocenters. The molecule has 0 heterocycles. The molecule has 0 spiro atoms. The smallest absolute Gasteiger partial charge is 0.339 e. The molecule has 0 fully saturated rings. The van der Waals surface area contributed by atoms with Gasteiger partial charge in [0.25, 0.3) is 0 Å². The van der Waals surface area contributed by atoms with Crippen LogP contribution < -0.4 is 10.6 Å². The average Bonchev–Trinajstić information content (AvgIpc) is 2.35. The number of carboxylic acids is 1. The molecule has 1 aromatic carbocycles. The van der Waals surface area contributed by atoms with Gasteiger partial charge in [0.2, 0.25) is 0 Å². The van der Waals surface area contributed by atoms with Crippen LogP contribution in [0.25, 0.3) is 0 Å². The standard InChI is InChI=1S/C14H20N2O4/c1-8(2)9(3)7-15-14(20)16-10-4-5-11(13(18)19)12(17)6-10/h4-6,8-9,17H,7H2,1-3H3,(H,18,19)(H2,15,16,20). The number of hydrogen-bond acceptors (Lipinski definition) is 3. The molecule has 1 rings (SSSR count). The number of benzene rings is 1. The Bertz CT molecular complexity index is 500. The van der Waals surface area contributed by atoms with Crippen LogP contribution in [0, 0.1) is 11.8 Å². The molecule has 0 radical (unpaired) electrons. The molecule has 0 aliphatic carbocycles. The van der Waals surface area contributed by atoms with Crippen LogP contribution in [0.4, 0.5) is 10.5 Å². The van der Waals surface area contributed by atoms with Crippen molar-refractivity contribution in [3.05, 3.63) is 23.8 Å². The summed E-state index contributed by atoms with van der Waals surface area (Å²) in [5.74, 6) is -0.784. The summed E-state index contributed by atoms with van der Waals surface area (Å²) in [4.78, 5) is 22.4. The maximum atomic E-state index is 11.6. The lowest BCUT2D eigenvalue weighted by atomic mass is 9.98. The number of phenols is 1. The summed E-state index contributed by atoms with van der Waals surface area (Å²) in [5, 5.41) is 23.6. The van der Waals surface area contributed by atoms with Crippen molar-refractivity contribution >= 4 is 17.7 Å². The molecule has 0 aliphatic heterocycles. The first kappa shape index (κ1) is 15.8. The van der Waals surface area contributed by atoms with Crippen molar-refractivity contribution in [1.82, 2.24) is 5.32 Å². The summed E-state index contributed by atoms with van der Waals surface area (Å²) in [7, 11) is 0. The number of aromatic carboxylic acids is 1. The highest BCUT2D eigenvalue weighted by atomic mass is 16.4. The average molecular weight is 280 g/mol. The van der Waals surface area contributed by atoms with Crippen molar-refractivity contribution in [3.63, 3.8) is 0 Å². The number of carbonyl (C=O) groups excluding carboxylic acids is 1. The minimum absolute atomic E-state index is 0.204. The number of rotatable bonds is 5. The SMILES string of the molecule is CC(C)C(C)CNC(=O)Nc1ccc(C(=O)O)c(O)c1. The fourth-order valence-corrected chi connectivity index (χ4v) is 1.45. The quantitative estimate of drug-likeness (QED) is 0.666. The van der Waals surface area contributed by atoms with E-state index >= 15 is 0 Å². The lowest BCUT2D eigenvalue weighted by Crippen LogP contribution is -2.33. The first-order valence-electron chi connectivity index (χ1n) is 6.42. The first-order valence-corrected chi connectivity index (χ1v) is 6.42. The van der Waals surface area contributed by atoms with Gasteiger partial charge in [-0.1, -0.05) is 20.8 Å². The van der Waals surface area contributed by atoms with Crippen LogP contribution in [0.3, 0.4) is 0 Å². The van der Waals surface area contributed by atoms with Gasteiger partial charge >= 0.3 is 12.0 Å². The lowest BCUT2D eigenvalue weighted by Gasteiger charge is -2.16. The van der Waals surface area contributed by atoms with Gasteiger partial charge in [0.1, 0.15) is 11.3 Å². The van der Waals surface area contributed by atoms with Crippen molar-refractivity contribution in [1.29, 1.82) is 0 Å². The Labute approximate surface area is 117 Å². The van der Waals surface area contributed by atoms with Crippen LogP contribution in [0.15, 0.2) is 18.2 Å². The van der Waals surface area contributed by atoms with Crippen LogP contribution in [-0.4, -0.2) is 28.8 Å². The minimum Gasteiger partial charge on any atom is -0.507 e. The lowest BCUT2D eigenvalue weighted by molar-refractivity contribution is 0.0694. The number of nitrogens with one attached hydrogen (secondary N) is 2. The maximum absolute atomic E-state index is 11.6. The molecule has 0 saturated carbocycles. The molecular weight excluding hydrogens is 260 g/mol. The molecule has 0 saturated heterocycles. The molecule has 110 valence electrons. The van der Waals surface area contributed by atoms with Crippen molar-refractivity contribution in [2.75, 3.05) is 11.9 Å². The molecular formula is C14H20N2O4. The van der Waals surface area contributed by atoms with E-state index in [1.807, 2.05) is 6.92 Å². The number of hydrogen-bond donors (Lipinski definition) is 4. The second kappa shape index (κ2) is 6.79. The Morgan fingerprint density at radius 2 is 1.90 bits per heavy atom. The zero-order valence-corrected chi connectivity index (χ0v) is 11.8. The Balaban J connectivity index is 2.58. The number of amides is 2. The topological polar surface area (TPSA) is 98.7 Å². The predicted octanol–water partition coefficient (Wildman–Crippen LogP) is 2.50. The zero-order valence-electron chi connectivity index (χ0n) is 11.8. The second-order valence-corrected chi connectivity index (χ2v) is 5.09. The highest BCUT2D eigenvalue weighted by molar-refractivity contribution is 5.93. The van der Waals surface area contributed by atoms with Gasteiger partial charge < -0.3 is 20.8 Å². The van der Waals surface area contributed by atoms with E-state index in [4.69, 9.17) is 5.11 Å². The number of carbonyl (C=O) groups is 2. The zero-order chi connectivity index (χ0) is 15.3. The summed E-state index contributed by atoms with van der Waals surface area (Å²) in [5.41, 5.74) is 0.131. The Morgan fingerprint density at radius 3 is 2.40 bits per heavy atom. The van der Waals surface area contributed by atoms with E-state index in [-0.39, 0.29) is 17.3 Å². The van der Waals surface area contributed by atoms with E-state index in [1.54, 1.807) is 0 Å². The molecule has 2 amide bonds. The Morgan fingerprint density at radius 1 is 1.25 bits per heavy atom. The van der Waals surface area contributed by atoms with Crippen molar-refractivity contribution in [2.24, 2.45) is 11.8 Å². The number of aromatic hydroxyl groups is 1. The Hall–Kier alpha value is -2.24. The molecule has 0 bridgehead atoms. The molecule has 4 N–H and O–H groups in total. The van der Waals surface area contributed by atoms with Crippen LogP contribution in [0.5, 0.6) is 5.75 Å². The fourth-order valence-electron chi connectivity index (χ4n) is 1.45. The van der Waals surface area contributed by atoms with Crippen LogP contribution in [0.1, 0.15) is 31.1 Å². The van der Waals surface area contributed by atoms with E-state index in [0.717, 1.165) is 0 Å². The summed E-state index contributed by atoms with van der Waals surface area (Å²) in [6, 6.07) is 3.48.